The minimum absolute atomic E-state index is 0.162. The van der Waals surface area contributed by atoms with E-state index in [9.17, 15) is 17.6 Å². The topological polar surface area (TPSA) is 12.5 Å². The smallest absolute Gasteiger partial charge is 0.387 e. The van der Waals surface area contributed by atoms with Crippen LogP contribution < -0.4 is 10.0 Å². The van der Waals surface area contributed by atoms with Gasteiger partial charge in [0.25, 0.3) is 0 Å². The summed E-state index contributed by atoms with van der Waals surface area (Å²) in [5.41, 5.74) is 5.65. The van der Waals surface area contributed by atoms with E-state index in [0.717, 1.165) is 51.9 Å². The van der Waals surface area contributed by atoms with Crippen LogP contribution in [0.25, 0.3) is 11.1 Å². The Balaban J connectivity index is 0.000000328. The second-order valence-electron chi connectivity index (χ2n) is 10.8. The molecule has 0 bridgehead atoms. The van der Waals surface area contributed by atoms with Gasteiger partial charge in [0.2, 0.25) is 0 Å². The first-order valence-corrected chi connectivity index (χ1v) is 14.7. The van der Waals surface area contributed by atoms with Crippen LogP contribution in [0.4, 0.5) is 22.0 Å². The number of fused-ring (bicyclic) bond motifs is 1. The van der Waals surface area contributed by atoms with E-state index in [2.05, 4.69) is 25.8 Å². The molecule has 1 aliphatic heterocycles. The highest BCUT2D eigenvalue weighted by molar-refractivity contribution is 7.27. The van der Waals surface area contributed by atoms with Crippen molar-refractivity contribution in [2.45, 2.75) is 52.6 Å². The fraction of sp³-hybridized carbons (Fsp3) is 0.394. The van der Waals surface area contributed by atoms with Crippen LogP contribution in [0.1, 0.15) is 60.4 Å². The number of hydrogen-bond donors (Lipinski definition) is 0. The standard InChI is InChI=1S/C25H21F4OP.C8H16FN/c1-14-5-7-15(8-6-14)23-18(17-10-9-16(13-22(17)27)30-25(28)29)3-2-4-20-19(23)11-12-21(26)24(20)31;1-8-3-6-10(7-8)5-2-4-9/h5-13,25H,2-4,31H2,1H3;8H,2-7H2,1H3. The highest BCUT2D eigenvalue weighted by atomic mass is 31.0. The van der Waals surface area contributed by atoms with Crippen molar-refractivity contribution in [2.24, 2.45) is 5.92 Å². The molecule has 0 radical (unpaired) electrons. The van der Waals surface area contributed by atoms with Gasteiger partial charge in [-0.25, -0.2) is 8.78 Å². The molecule has 1 fully saturated rings. The maximum atomic E-state index is 15.1. The van der Waals surface area contributed by atoms with E-state index in [1.165, 1.54) is 37.7 Å². The molecule has 0 spiro atoms. The molecule has 8 heteroatoms. The van der Waals surface area contributed by atoms with Crippen LogP contribution in [0, 0.1) is 24.5 Å². The number of ether oxygens (including phenoxy) is 1. The van der Waals surface area contributed by atoms with Crippen molar-refractivity contribution in [2.75, 3.05) is 26.3 Å². The van der Waals surface area contributed by atoms with Gasteiger partial charge in [0.15, 0.2) is 0 Å². The summed E-state index contributed by atoms with van der Waals surface area (Å²) < 4.78 is 70.5. The third kappa shape index (κ3) is 7.96. The second kappa shape index (κ2) is 14.4. The van der Waals surface area contributed by atoms with Crippen molar-refractivity contribution < 1.29 is 26.7 Å². The van der Waals surface area contributed by atoms with Gasteiger partial charge in [0.05, 0.1) is 6.67 Å². The number of halogens is 5. The summed E-state index contributed by atoms with van der Waals surface area (Å²) in [6.07, 6.45) is 3.94. The highest BCUT2D eigenvalue weighted by Gasteiger charge is 2.24. The van der Waals surface area contributed by atoms with E-state index in [-0.39, 0.29) is 18.2 Å². The number of benzene rings is 3. The molecule has 1 heterocycles. The third-order valence-electron chi connectivity index (χ3n) is 7.68. The Morgan fingerprint density at radius 2 is 1.71 bits per heavy atom. The van der Waals surface area contributed by atoms with Crippen LogP contribution in [-0.2, 0) is 6.42 Å². The Bertz CT molecular complexity index is 1360. The largest absolute Gasteiger partial charge is 0.435 e. The number of allylic oxidation sites excluding steroid dienone is 1. The highest BCUT2D eigenvalue weighted by Crippen LogP contribution is 2.41. The van der Waals surface area contributed by atoms with E-state index in [1.807, 2.05) is 31.2 Å². The molecule has 2 aliphatic rings. The van der Waals surface area contributed by atoms with Gasteiger partial charge in [-0.3, -0.25) is 4.39 Å². The average molecular weight is 590 g/mol. The molecule has 3 aromatic carbocycles. The maximum Gasteiger partial charge on any atom is 0.387 e. The van der Waals surface area contributed by atoms with Crippen molar-refractivity contribution in [3.8, 4) is 5.75 Å². The zero-order valence-electron chi connectivity index (χ0n) is 23.5. The molecule has 0 aromatic heterocycles. The Kier molecular flexibility index (Phi) is 11.0. The van der Waals surface area contributed by atoms with Gasteiger partial charge in [-0.15, -0.1) is 9.24 Å². The molecule has 3 aromatic rings. The Morgan fingerprint density at radius 3 is 2.34 bits per heavy atom. The lowest BCUT2D eigenvalue weighted by Gasteiger charge is -2.18. The van der Waals surface area contributed by atoms with Gasteiger partial charge < -0.3 is 9.64 Å². The van der Waals surface area contributed by atoms with Crippen molar-refractivity contribution in [1.82, 2.24) is 4.90 Å². The molecule has 0 saturated carbocycles. The molecule has 0 N–H and O–H groups in total. The minimum atomic E-state index is -3.02. The minimum Gasteiger partial charge on any atom is -0.435 e. The zero-order valence-corrected chi connectivity index (χ0v) is 24.7. The van der Waals surface area contributed by atoms with Crippen LogP contribution in [0.5, 0.6) is 5.75 Å². The number of likely N-dealkylation sites (tertiary alicyclic amines) is 1. The SMILES string of the molecule is CC1CCN(CCCF)C1.Cc1ccc(C2=C(c3ccc(OC(F)F)cc3F)CCCc3c2ccc(F)c3P)cc1. The first kappa shape index (κ1) is 31.2. The number of nitrogens with zero attached hydrogens (tertiary/aromatic N) is 1. The molecule has 220 valence electrons. The lowest BCUT2D eigenvalue weighted by atomic mass is 9.87. The molecule has 0 amide bonds. The molecule has 1 aliphatic carbocycles. The molecule has 5 rings (SSSR count). The van der Waals surface area contributed by atoms with Crippen LogP contribution in [0.3, 0.4) is 0 Å². The van der Waals surface area contributed by atoms with Crippen molar-refractivity contribution in [3.63, 3.8) is 0 Å². The Labute approximate surface area is 241 Å². The lowest BCUT2D eigenvalue weighted by Crippen LogP contribution is -2.21. The molecule has 2 atom stereocenters. The number of hydrogen-bond acceptors (Lipinski definition) is 2. The molecular weight excluding hydrogens is 552 g/mol. The van der Waals surface area contributed by atoms with Gasteiger partial charge in [-0.1, -0.05) is 42.8 Å². The normalized spacial score (nSPS) is 17.2. The van der Waals surface area contributed by atoms with Gasteiger partial charge in [0.1, 0.15) is 17.4 Å². The van der Waals surface area contributed by atoms with Gasteiger partial charge >= 0.3 is 6.61 Å². The summed E-state index contributed by atoms with van der Waals surface area (Å²) >= 11 is 0. The van der Waals surface area contributed by atoms with Crippen molar-refractivity contribution in [3.05, 3.63) is 94.0 Å². The van der Waals surface area contributed by atoms with Gasteiger partial charge in [-0.2, -0.15) is 8.78 Å². The summed E-state index contributed by atoms with van der Waals surface area (Å²) in [7, 11) is 2.48. The summed E-state index contributed by atoms with van der Waals surface area (Å²) in [6.45, 7) is 4.38. The predicted octanol–water partition coefficient (Wildman–Crippen LogP) is 8.36. The molecular formula is C33H37F5NOP. The van der Waals surface area contributed by atoms with E-state index >= 15 is 4.39 Å². The van der Waals surface area contributed by atoms with Crippen LogP contribution in [0.15, 0.2) is 54.6 Å². The van der Waals surface area contributed by atoms with Crippen LogP contribution in [-0.4, -0.2) is 37.8 Å². The quantitative estimate of drug-likeness (QED) is 0.203. The van der Waals surface area contributed by atoms with Gasteiger partial charge in [-0.05, 0) is 97.5 Å². The molecule has 41 heavy (non-hydrogen) atoms. The van der Waals surface area contributed by atoms with Crippen LogP contribution in [0.2, 0.25) is 0 Å². The summed E-state index contributed by atoms with van der Waals surface area (Å²) in [4.78, 5) is 2.35. The number of rotatable bonds is 7. The molecule has 1 saturated heterocycles. The first-order chi connectivity index (χ1) is 19.7. The van der Waals surface area contributed by atoms with E-state index in [0.29, 0.717) is 36.6 Å². The fourth-order valence-corrected chi connectivity index (χ4v) is 6.01. The fourth-order valence-electron chi connectivity index (χ4n) is 5.62. The molecule has 2 nitrogen and oxygen atoms in total. The predicted molar refractivity (Wildman–Crippen MR) is 160 cm³/mol. The zero-order chi connectivity index (χ0) is 29.5. The number of aryl methyl sites for hydroxylation is 1. The summed E-state index contributed by atoms with van der Waals surface area (Å²) in [6, 6.07) is 14.9. The van der Waals surface area contributed by atoms with Gasteiger partial charge in [0, 0.05) is 30.0 Å². The Hall–Kier alpha value is -2.76. The van der Waals surface area contributed by atoms with E-state index in [4.69, 9.17) is 0 Å². The Morgan fingerprint density at radius 1 is 0.976 bits per heavy atom. The van der Waals surface area contributed by atoms with Crippen LogP contribution >= 0.6 is 9.24 Å². The molecule has 2 unspecified atom stereocenters. The number of alkyl halides is 3. The lowest BCUT2D eigenvalue weighted by molar-refractivity contribution is -0.0500. The monoisotopic (exact) mass is 589 g/mol. The second-order valence-corrected chi connectivity index (χ2v) is 11.4. The first-order valence-electron chi connectivity index (χ1n) is 14.1. The van der Waals surface area contributed by atoms with E-state index in [1.54, 1.807) is 6.07 Å². The maximum absolute atomic E-state index is 15.1. The third-order valence-corrected chi connectivity index (χ3v) is 8.30. The van der Waals surface area contributed by atoms with E-state index < -0.39 is 12.4 Å². The average Bonchev–Trinajstić information content (AvgIpc) is 3.26. The summed E-state index contributed by atoms with van der Waals surface area (Å²) in [5.74, 6) is -0.318. The summed E-state index contributed by atoms with van der Waals surface area (Å²) in [5, 5.41) is 0.518. The van der Waals surface area contributed by atoms with Crippen molar-refractivity contribution in [1.29, 1.82) is 0 Å². The van der Waals surface area contributed by atoms with Crippen molar-refractivity contribution >= 4 is 25.7 Å².